The van der Waals surface area contributed by atoms with Crippen LogP contribution in [0.4, 0.5) is 28.7 Å². The molecule has 1 heterocycles. The van der Waals surface area contributed by atoms with Crippen LogP contribution in [-0.2, 0) is 0 Å². The number of nitrogens with two attached hydrogens (primary N) is 1. The predicted octanol–water partition coefficient (Wildman–Crippen LogP) is 5.47. The molecule has 0 aliphatic rings. The van der Waals surface area contributed by atoms with Crippen LogP contribution in [0.25, 0.3) is 0 Å². The van der Waals surface area contributed by atoms with Crippen molar-refractivity contribution < 1.29 is 0 Å². The molecule has 3 aromatic rings. The second-order valence-electron chi connectivity index (χ2n) is 5.61. The second-order valence-corrected chi connectivity index (χ2v) is 6.45. The summed E-state index contributed by atoms with van der Waals surface area (Å²) in [6, 6.07) is 11.2. The van der Waals surface area contributed by atoms with Gasteiger partial charge in [0.1, 0.15) is 12.0 Å². The lowest BCUT2D eigenvalue weighted by Crippen LogP contribution is -2.06. The topological polar surface area (TPSA) is 75.9 Å². The molecular formula is C18H17Cl2N5. The van der Waals surface area contributed by atoms with E-state index in [1.807, 2.05) is 50.2 Å². The van der Waals surface area contributed by atoms with Gasteiger partial charge in [-0.1, -0.05) is 29.3 Å². The highest BCUT2D eigenvalue weighted by Crippen LogP contribution is 2.32. The number of nitrogens with zero attached hydrogens (tertiary/aromatic N) is 2. The minimum atomic E-state index is 0.413. The fraction of sp³-hybridized carbons (Fsp3) is 0.111. The molecule has 0 saturated heterocycles. The Bertz CT molecular complexity index is 927. The highest BCUT2D eigenvalue weighted by atomic mass is 35.5. The SMILES string of the molecule is Cc1cc(Cl)ccc1Nc1ncnc(Nc2cccc(Cl)c2C)c1N. The Labute approximate surface area is 156 Å². The summed E-state index contributed by atoms with van der Waals surface area (Å²) >= 11 is 12.2. The first-order chi connectivity index (χ1) is 12.0. The number of nitrogen functional groups attached to an aromatic ring is 1. The van der Waals surface area contributed by atoms with E-state index in [1.165, 1.54) is 6.33 Å². The summed E-state index contributed by atoms with van der Waals surface area (Å²) in [5.74, 6) is 1.03. The van der Waals surface area contributed by atoms with Gasteiger partial charge < -0.3 is 16.4 Å². The third kappa shape index (κ3) is 3.78. The normalized spacial score (nSPS) is 10.6. The molecule has 0 spiro atoms. The monoisotopic (exact) mass is 373 g/mol. The molecule has 5 nitrogen and oxygen atoms in total. The lowest BCUT2D eigenvalue weighted by molar-refractivity contribution is 1.17. The van der Waals surface area contributed by atoms with Gasteiger partial charge in [-0.05, 0) is 55.3 Å². The summed E-state index contributed by atoms with van der Waals surface area (Å²) in [6.45, 7) is 3.89. The van der Waals surface area contributed by atoms with Crippen LogP contribution in [0.15, 0.2) is 42.7 Å². The number of rotatable bonds is 4. The zero-order valence-corrected chi connectivity index (χ0v) is 15.3. The first kappa shape index (κ1) is 17.3. The standard InChI is InChI=1S/C18H17Cl2N5/c1-10-8-12(19)6-7-14(10)24-17-16(21)18(23-9-22-17)25-15-5-3-4-13(20)11(15)2/h3-9H,21H2,1-2H3,(H2,22,23,24,25). The largest absolute Gasteiger partial charge is 0.393 e. The lowest BCUT2D eigenvalue weighted by Gasteiger charge is -2.15. The maximum atomic E-state index is 6.24. The zero-order chi connectivity index (χ0) is 18.0. The third-order valence-electron chi connectivity index (χ3n) is 3.85. The van der Waals surface area contributed by atoms with E-state index in [0.717, 1.165) is 22.5 Å². The van der Waals surface area contributed by atoms with Gasteiger partial charge in [0.25, 0.3) is 0 Å². The van der Waals surface area contributed by atoms with E-state index in [-0.39, 0.29) is 0 Å². The van der Waals surface area contributed by atoms with Gasteiger partial charge in [0, 0.05) is 21.4 Å². The number of hydrogen-bond acceptors (Lipinski definition) is 5. The van der Waals surface area contributed by atoms with Crippen molar-refractivity contribution in [3.63, 3.8) is 0 Å². The zero-order valence-electron chi connectivity index (χ0n) is 13.8. The maximum absolute atomic E-state index is 6.24. The molecule has 0 radical (unpaired) electrons. The number of benzene rings is 2. The van der Waals surface area contributed by atoms with Crippen molar-refractivity contribution in [1.29, 1.82) is 0 Å². The maximum Gasteiger partial charge on any atom is 0.159 e. The molecule has 1 aromatic heterocycles. The number of aromatic nitrogens is 2. The van der Waals surface area contributed by atoms with Crippen molar-refractivity contribution in [3.8, 4) is 0 Å². The summed E-state index contributed by atoms with van der Waals surface area (Å²) in [6.07, 6.45) is 1.45. The minimum Gasteiger partial charge on any atom is -0.393 e. The molecule has 128 valence electrons. The van der Waals surface area contributed by atoms with Crippen molar-refractivity contribution in [2.45, 2.75) is 13.8 Å². The van der Waals surface area contributed by atoms with Gasteiger partial charge in [-0.2, -0.15) is 0 Å². The fourth-order valence-corrected chi connectivity index (χ4v) is 2.76. The Kier molecular flexibility index (Phi) is 4.97. The fourth-order valence-electron chi connectivity index (χ4n) is 2.36. The average Bonchev–Trinajstić information content (AvgIpc) is 2.57. The van der Waals surface area contributed by atoms with Gasteiger partial charge in [0.05, 0.1) is 0 Å². The molecule has 0 atom stereocenters. The second kappa shape index (κ2) is 7.17. The van der Waals surface area contributed by atoms with Gasteiger partial charge in [-0.15, -0.1) is 0 Å². The molecule has 0 saturated carbocycles. The van der Waals surface area contributed by atoms with Crippen molar-refractivity contribution in [2.75, 3.05) is 16.4 Å². The molecule has 7 heteroatoms. The van der Waals surface area contributed by atoms with Crippen molar-refractivity contribution in [3.05, 3.63) is 63.9 Å². The summed E-state index contributed by atoms with van der Waals surface area (Å²) in [4.78, 5) is 8.46. The van der Waals surface area contributed by atoms with E-state index in [1.54, 1.807) is 0 Å². The van der Waals surface area contributed by atoms with E-state index >= 15 is 0 Å². The van der Waals surface area contributed by atoms with Gasteiger partial charge in [0.15, 0.2) is 11.6 Å². The van der Waals surface area contributed by atoms with Gasteiger partial charge in [-0.3, -0.25) is 0 Å². The van der Waals surface area contributed by atoms with E-state index in [0.29, 0.717) is 27.4 Å². The van der Waals surface area contributed by atoms with Gasteiger partial charge in [0.2, 0.25) is 0 Å². The summed E-state index contributed by atoms with van der Waals surface area (Å²) in [5, 5.41) is 7.78. The molecule has 0 unspecified atom stereocenters. The molecule has 0 aliphatic carbocycles. The van der Waals surface area contributed by atoms with Crippen LogP contribution >= 0.6 is 23.2 Å². The smallest absolute Gasteiger partial charge is 0.159 e. The van der Waals surface area contributed by atoms with E-state index in [4.69, 9.17) is 28.9 Å². The van der Waals surface area contributed by atoms with Crippen molar-refractivity contribution >= 4 is 51.9 Å². The molecule has 2 aromatic carbocycles. The molecule has 0 amide bonds. The van der Waals surface area contributed by atoms with Gasteiger partial charge >= 0.3 is 0 Å². The Morgan fingerprint density at radius 2 is 1.60 bits per heavy atom. The Hall–Kier alpha value is -2.50. The summed E-state index contributed by atoms with van der Waals surface area (Å²) < 4.78 is 0. The third-order valence-corrected chi connectivity index (χ3v) is 4.49. The number of halogens is 2. The van der Waals surface area contributed by atoms with E-state index in [9.17, 15) is 0 Å². The molecule has 0 fully saturated rings. The van der Waals surface area contributed by atoms with Crippen LogP contribution in [0.3, 0.4) is 0 Å². The number of anilines is 5. The average molecular weight is 374 g/mol. The Morgan fingerprint density at radius 1 is 0.920 bits per heavy atom. The molecule has 0 bridgehead atoms. The van der Waals surface area contributed by atoms with Crippen LogP contribution in [0.2, 0.25) is 10.0 Å². The van der Waals surface area contributed by atoms with Crippen LogP contribution in [0.5, 0.6) is 0 Å². The van der Waals surface area contributed by atoms with Crippen molar-refractivity contribution in [2.24, 2.45) is 0 Å². The lowest BCUT2D eigenvalue weighted by atomic mass is 10.2. The van der Waals surface area contributed by atoms with Crippen LogP contribution in [0.1, 0.15) is 11.1 Å². The molecule has 25 heavy (non-hydrogen) atoms. The highest BCUT2D eigenvalue weighted by molar-refractivity contribution is 6.31. The van der Waals surface area contributed by atoms with Crippen LogP contribution in [0, 0.1) is 13.8 Å². The number of nitrogens with one attached hydrogen (secondary N) is 2. The van der Waals surface area contributed by atoms with E-state index in [2.05, 4.69) is 20.6 Å². The first-order valence-electron chi connectivity index (χ1n) is 7.61. The molecular weight excluding hydrogens is 357 g/mol. The van der Waals surface area contributed by atoms with Gasteiger partial charge in [-0.25, -0.2) is 9.97 Å². The molecule has 0 aliphatic heterocycles. The van der Waals surface area contributed by atoms with Crippen LogP contribution < -0.4 is 16.4 Å². The summed E-state index contributed by atoms with van der Waals surface area (Å²) in [7, 11) is 0. The van der Waals surface area contributed by atoms with E-state index < -0.39 is 0 Å². The quantitative estimate of drug-likeness (QED) is 0.565. The molecule has 4 N–H and O–H groups in total. The minimum absolute atomic E-state index is 0.413. The highest BCUT2D eigenvalue weighted by Gasteiger charge is 2.11. The number of hydrogen-bond donors (Lipinski definition) is 3. The number of aryl methyl sites for hydroxylation is 1. The van der Waals surface area contributed by atoms with Crippen LogP contribution in [-0.4, -0.2) is 9.97 Å². The first-order valence-corrected chi connectivity index (χ1v) is 8.37. The van der Waals surface area contributed by atoms with Crippen molar-refractivity contribution in [1.82, 2.24) is 9.97 Å². The Balaban J connectivity index is 1.91. The Morgan fingerprint density at radius 3 is 2.28 bits per heavy atom. The predicted molar refractivity (Wildman–Crippen MR) is 105 cm³/mol. The molecule has 3 rings (SSSR count). The summed E-state index contributed by atoms with van der Waals surface area (Å²) in [5.41, 5.74) is 10.3.